The van der Waals surface area contributed by atoms with Crippen molar-refractivity contribution < 1.29 is 0 Å². The summed E-state index contributed by atoms with van der Waals surface area (Å²) in [7, 11) is 0. The van der Waals surface area contributed by atoms with Crippen LogP contribution in [0.4, 0.5) is 0 Å². The van der Waals surface area contributed by atoms with Crippen molar-refractivity contribution in [2.45, 2.75) is 25.8 Å². The molecule has 0 bridgehead atoms. The number of rotatable bonds is 5. The number of nitrogens with zero attached hydrogens (tertiary/aromatic N) is 3. The molecule has 0 aliphatic carbocycles. The summed E-state index contributed by atoms with van der Waals surface area (Å²) in [5.41, 5.74) is 1.06. The molecule has 2 heterocycles. The molecule has 4 nitrogen and oxygen atoms in total. The summed E-state index contributed by atoms with van der Waals surface area (Å²) in [5, 5.41) is 3.42. The standard InChI is InChI=1S/C12H20N4/c1-2-7-16(8-3-1)9-6-13-10-12-4-5-14-11-15-12/h4-5,11,13H,1-3,6-10H2. The number of hydrogen-bond acceptors (Lipinski definition) is 4. The Kier molecular flexibility index (Phi) is 4.70. The molecule has 4 heteroatoms. The number of likely N-dealkylation sites (tertiary alicyclic amines) is 1. The third-order valence-corrected chi connectivity index (χ3v) is 3.00. The average Bonchev–Trinajstić information content (AvgIpc) is 2.37. The molecule has 1 aliphatic heterocycles. The van der Waals surface area contributed by atoms with Gasteiger partial charge in [-0.05, 0) is 32.0 Å². The molecular weight excluding hydrogens is 200 g/mol. The third-order valence-electron chi connectivity index (χ3n) is 3.00. The van der Waals surface area contributed by atoms with Crippen LogP contribution in [0.5, 0.6) is 0 Å². The van der Waals surface area contributed by atoms with Gasteiger partial charge in [0.25, 0.3) is 0 Å². The molecule has 2 rings (SSSR count). The second kappa shape index (κ2) is 6.55. The molecule has 1 aromatic heterocycles. The first-order valence-corrected chi connectivity index (χ1v) is 6.13. The number of hydrogen-bond donors (Lipinski definition) is 1. The summed E-state index contributed by atoms with van der Waals surface area (Å²) in [6.45, 7) is 5.59. The van der Waals surface area contributed by atoms with E-state index in [2.05, 4.69) is 20.2 Å². The zero-order valence-corrected chi connectivity index (χ0v) is 9.73. The maximum atomic E-state index is 4.18. The van der Waals surface area contributed by atoms with E-state index in [1.165, 1.54) is 32.4 Å². The monoisotopic (exact) mass is 220 g/mol. The van der Waals surface area contributed by atoms with Crippen molar-refractivity contribution in [3.63, 3.8) is 0 Å². The van der Waals surface area contributed by atoms with Crippen molar-refractivity contribution in [2.24, 2.45) is 0 Å². The quantitative estimate of drug-likeness (QED) is 0.753. The highest BCUT2D eigenvalue weighted by molar-refractivity contribution is 4.96. The number of aromatic nitrogens is 2. The smallest absolute Gasteiger partial charge is 0.115 e. The van der Waals surface area contributed by atoms with Gasteiger partial charge in [-0.3, -0.25) is 0 Å². The summed E-state index contributed by atoms with van der Waals surface area (Å²) < 4.78 is 0. The Labute approximate surface area is 97.1 Å². The van der Waals surface area contributed by atoms with Crippen LogP contribution in [0.1, 0.15) is 25.0 Å². The van der Waals surface area contributed by atoms with Gasteiger partial charge in [0, 0.05) is 25.8 Å². The minimum atomic E-state index is 0.844. The van der Waals surface area contributed by atoms with Crippen LogP contribution in [0.3, 0.4) is 0 Å². The lowest BCUT2D eigenvalue weighted by Crippen LogP contribution is -2.35. The molecule has 1 saturated heterocycles. The molecule has 1 N–H and O–H groups in total. The van der Waals surface area contributed by atoms with Crippen molar-refractivity contribution in [1.82, 2.24) is 20.2 Å². The highest BCUT2D eigenvalue weighted by Gasteiger charge is 2.08. The molecule has 0 saturated carbocycles. The molecule has 16 heavy (non-hydrogen) atoms. The highest BCUT2D eigenvalue weighted by atomic mass is 15.1. The van der Waals surface area contributed by atoms with Crippen molar-refractivity contribution >= 4 is 0 Å². The van der Waals surface area contributed by atoms with Crippen LogP contribution in [-0.2, 0) is 6.54 Å². The minimum Gasteiger partial charge on any atom is -0.310 e. The largest absolute Gasteiger partial charge is 0.310 e. The topological polar surface area (TPSA) is 41.0 Å². The van der Waals surface area contributed by atoms with Crippen LogP contribution in [0, 0.1) is 0 Å². The van der Waals surface area contributed by atoms with Crippen LogP contribution in [0.25, 0.3) is 0 Å². The molecule has 1 aromatic rings. The van der Waals surface area contributed by atoms with Gasteiger partial charge in [-0.2, -0.15) is 0 Å². The molecule has 0 amide bonds. The van der Waals surface area contributed by atoms with Crippen LogP contribution in [-0.4, -0.2) is 41.0 Å². The van der Waals surface area contributed by atoms with E-state index in [4.69, 9.17) is 0 Å². The van der Waals surface area contributed by atoms with Crippen LogP contribution in [0.2, 0.25) is 0 Å². The van der Waals surface area contributed by atoms with Crippen molar-refractivity contribution in [2.75, 3.05) is 26.2 Å². The SMILES string of the molecule is c1cc(CNCCN2CCCCC2)ncn1. The second-order valence-electron chi connectivity index (χ2n) is 4.28. The molecule has 88 valence electrons. The van der Waals surface area contributed by atoms with Gasteiger partial charge in [0.15, 0.2) is 0 Å². The number of piperidine rings is 1. The van der Waals surface area contributed by atoms with Crippen molar-refractivity contribution in [1.29, 1.82) is 0 Å². The summed E-state index contributed by atoms with van der Waals surface area (Å²) in [6, 6.07) is 1.95. The maximum Gasteiger partial charge on any atom is 0.115 e. The average molecular weight is 220 g/mol. The lowest BCUT2D eigenvalue weighted by molar-refractivity contribution is 0.229. The first-order chi connectivity index (χ1) is 7.95. The Morgan fingerprint density at radius 3 is 2.88 bits per heavy atom. The summed E-state index contributed by atoms with van der Waals surface area (Å²) in [6.07, 6.45) is 7.53. The summed E-state index contributed by atoms with van der Waals surface area (Å²) >= 11 is 0. The molecule has 1 aliphatic rings. The van der Waals surface area contributed by atoms with Gasteiger partial charge in [-0.15, -0.1) is 0 Å². The van der Waals surface area contributed by atoms with E-state index in [0.717, 1.165) is 25.3 Å². The van der Waals surface area contributed by atoms with Gasteiger partial charge in [0.1, 0.15) is 6.33 Å². The molecule has 0 radical (unpaired) electrons. The Morgan fingerprint density at radius 1 is 1.25 bits per heavy atom. The van der Waals surface area contributed by atoms with Crippen LogP contribution >= 0.6 is 0 Å². The van der Waals surface area contributed by atoms with Crippen molar-refractivity contribution in [3.05, 3.63) is 24.3 Å². The predicted octanol–water partition coefficient (Wildman–Crippen LogP) is 1.05. The normalized spacial score (nSPS) is 17.5. The zero-order valence-electron chi connectivity index (χ0n) is 9.73. The number of nitrogens with one attached hydrogen (secondary N) is 1. The molecular formula is C12H20N4. The molecule has 0 atom stereocenters. The van der Waals surface area contributed by atoms with Crippen LogP contribution in [0.15, 0.2) is 18.6 Å². The van der Waals surface area contributed by atoms with E-state index < -0.39 is 0 Å². The van der Waals surface area contributed by atoms with Crippen LogP contribution < -0.4 is 5.32 Å². The third kappa shape index (κ3) is 3.87. The van der Waals surface area contributed by atoms with E-state index in [1.807, 2.05) is 6.07 Å². The Hall–Kier alpha value is -1.00. The minimum absolute atomic E-state index is 0.844. The molecule has 0 spiro atoms. The zero-order chi connectivity index (χ0) is 11.1. The Bertz CT molecular complexity index is 282. The van der Waals surface area contributed by atoms with E-state index in [9.17, 15) is 0 Å². The Morgan fingerprint density at radius 2 is 2.12 bits per heavy atom. The summed E-state index contributed by atoms with van der Waals surface area (Å²) in [5.74, 6) is 0. The molecule has 1 fully saturated rings. The van der Waals surface area contributed by atoms with E-state index in [0.29, 0.717) is 0 Å². The van der Waals surface area contributed by atoms with E-state index in [-0.39, 0.29) is 0 Å². The molecule has 0 unspecified atom stereocenters. The van der Waals surface area contributed by atoms with Gasteiger partial charge in [-0.1, -0.05) is 6.42 Å². The van der Waals surface area contributed by atoms with E-state index in [1.54, 1.807) is 12.5 Å². The lowest BCUT2D eigenvalue weighted by Gasteiger charge is -2.26. The van der Waals surface area contributed by atoms with Crippen molar-refractivity contribution in [3.8, 4) is 0 Å². The fraction of sp³-hybridized carbons (Fsp3) is 0.667. The van der Waals surface area contributed by atoms with Gasteiger partial charge >= 0.3 is 0 Å². The highest BCUT2D eigenvalue weighted by Crippen LogP contribution is 2.07. The fourth-order valence-corrected chi connectivity index (χ4v) is 2.06. The Balaban J connectivity index is 1.58. The summed E-state index contributed by atoms with van der Waals surface area (Å²) in [4.78, 5) is 10.6. The van der Waals surface area contributed by atoms with Gasteiger partial charge in [0.05, 0.1) is 5.69 Å². The van der Waals surface area contributed by atoms with E-state index >= 15 is 0 Å². The predicted molar refractivity (Wildman–Crippen MR) is 64.0 cm³/mol. The van der Waals surface area contributed by atoms with Gasteiger partial charge < -0.3 is 10.2 Å². The first kappa shape index (κ1) is 11.5. The fourth-order valence-electron chi connectivity index (χ4n) is 2.06. The van der Waals surface area contributed by atoms with Gasteiger partial charge in [0.2, 0.25) is 0 Å². The molecule has 0 aromatic carbocycles. The second-order valence-corrected chi connectivity index (χ2v) is 4.28. The maximum absolute atomic E-state index is 4.18. The lowest BCUT2D eigenvalue weighted by atomic mass is 10.1. The first-order valence-electron chi connectivity index (χ1n) is 6.13. The van der Waals surface area contributed by atoms with Gasteiger partial charge in [-0.25, -0.2) is 9.97 Å².